The summed E-state index contributed by atoms with van der Waals surface area (Å²) in [6.45, 7) is 17.2. The summed E-state index contributed by atoms with van der Waals surface area (Å²) in [5, 5.41) is 0. The Hall–Kier alpha value is 0.913. The first kappa shape index (κ1) is 29.4. The Kier molecular flexibility index (Phi) is 102. The van der Waals surface area contributed by atoms with Gasteiger partial charge in [0, 0.05) is 19.5 Å². The van der Waals surface area contributed by atoms with Crippen molar-refractivity contribution in [3.63, 3.8) is 0 Å². The number of unbranched alkanes of at least 4 members (excludes halogenated alkanes) is 3. The van der Waals surface area contributed by atoms with Crippen LogP contribution in [-0.4, -0.2) is 0 Å². The van der Waals surface area contributed by atoms with E-state index in [1.54, 1.807) is 0 Å². The summed E-state index contributed by atoms with van der Waals surface area (Å²) in [7, 11) is 0. The maximum absolute atomic E-state index is 3.60. The minimum absolute atomic E-state index is 0. The van der Waals surface area contributed by atoms with Crippen LogP contribution in [0.3, 0.4) is 0 Å². The van der Waals surface area contributed by atoms with Crippen molar-refractivity contribution in [2.75, 3.05) is 0 Å². The summed E-state index contributed by atoms with van der Waals surface area (Å²) in [4.78, 5) is 0. The van der Waals surface area contributed by atoms with E-state index in [2.05, 4.69) is 41.5 Å². The van der Waals surface area contributed by atoms with Crippen LogP contribution in [0.4, 0.5) is 0 Å². The van der Waals surface area contributed by atoms with Gasteiger partial charge >= 0.3 is 0 Å². The second kappa shape index (κ2) is 48.5. The van der Waals surface area contributed by atoms with Crippen LogP contribution in [0.25, 0.3) is 0 Å². The van der Waals surface area contributed by atoms with Gasteiger partial charge < -0.3 is 20.8 Å². The quantitative estimate of drug-likeness (QED) is 0.484. The molecule has 2 heteroatoms. The summed E-state index contributed by atoms with van der Waals surface area (Å²) in [6, 6.07) is 0. The fourth-order valence-electron chi connectivity index (χ4n) is 0. The molecule has 0 atom stereocenters. The molecule has 0 amide bonds. The summed E-state index contributed by atoms with van der Waals surface area (Å²) in [5.41, 5.74) is 0. The molecule has 0 N–H and O–H groups in total. The fourth-order valence-corrected chi connectivity index (χ4v) is 0. The number of hydrogen-bond acceptors (Lipinski definition) is 0. The monoisotopic (exact) mass is 271 g/mol. The topological polar surface area (TPSA) is 0 Å². The van der Waals surface area contributed by atoms with Crippen LogP contribution in [0.2, 0.25) is 0 Å². The largest absolute Gasteiger partial charge is 0.343 e. The molecule has 0 saturated carbocycles. The van der Waals surface area contributed by atoms with E-state index in [0.29, 0.717) is 0 Å². The van der Waals surface area contributed by atoms with Gasteiger partial charge in [0.15, 0.2) is 0 Å². The predicted molar refractivity (Wildman–Crippen MR) is 68.0 cm³/mol. The Morgan fingerprint density at radius 1 is 0.643 bits per heavy atom. The standard InChI is InChI=1S/3C4H9.ClH.Zn/c3*1-3-4-2;;/h3*1,3-4H2,2H3;1H;/q3*-1;;. The Morgan fingerprint density at radius 3 is 0.714 bits per heavy atom. The smallest absolute Gasteiger partial charge is 0 e. The van der Waals surface area contributed by atoms with Gasteiger partial charge in [-0.3, -0.25) is 0 Å². The van der Waals surface area contributed by atoms with Gasteiger partial charge in [-0.1, -0.05) is 40.0 Å². The molecule has 0 rings (SSSR count). The number of rotatable bonds is 3. The molecule has 0 heterocycles. The third-order valence-electron chi connectivity index (χ3n) is 1.06. The van der Waals surface area contributed by atoms with E-state index in [4.69, 9.17) is 0 Å². The second-order valence-electron chi connectivity index (χ2n) is 2.56. The van der Waals surface area contributed by atoms with Crippen LogP contribution >= 0.6 is 12.4 Å². The SMILES string of the molecule is Cl.[CH2-]CCC.[CH2-]CCC.[CH2-]CCC.[Zn]. The maximum Gasteiger partial charge on any atom is 0 e. The minimum Gasteiger partial charge on any atom is -0.343 e. The molecule has 0 spiro atoms. The van der Waals surface area contributed by atoms with Crippen LogP contribution in [0.15, 0.2) is 0 Å². The van der Waals surface area contributed by atoms with E-state index in [0.717, 1.165) is 19.3 Å². The Balaban J connectivity index is -0.0000000270. The molecular formula is C12H28ClZn-3. The van der Waals surface area contributed by atoms with Gasteiger partial charge in [-0.2, -0.15) is 19.3 Å². The van der Waals surface area contributed by atoms with Crippen LogP contribution in [-0.2, 0) is 19.5 Å². The molecule has 0 radical (unpaired) electrons. The molecule has 0 bridgehead atoms. The predicted octanol–water partition coefficient (Wildman–Crippen LogP) is 5.28. The van der Waals surface area contributed by atoms with Crippen molar-refractivity contribution in [1.82, 2.24) is 0 Å². The van der Waals surface area contributed by atoms with E-state index in [1.165, 1.54) is 19.3 Å². The first-order valence-electron chi connectivity index (χ1n) is 5.12. The zero-order chi connectivity index (χ0) is 10.2. The number of halogens is 1. The molecule has 0 aromatic heterocycles. The Labute approximate surface area is 112 Å². The molecule has 0 fully saturated rings. The van der Waals surface area contributed by atoms with E-state index in [9.17, 15) is 0 Å². The van der Waals surface area contributed by atoms with Crippen molar-refractivity contribution < 1.29 is 19.5 Å². The molecule has 0 saturated heterocycles. The van der Waals surface area contributed by atoms with E-state index < -0.39 is 0 Å². The number of hydrogen-bond donors (Lipinski definition) is 0. The molecular weight excluding hydrogens is 245 g/mol. The zero-order valence-corrected chi connectivity index (χ0v) is 14.3. The van der Waals surface area contributed by atoms with Crippen molar-refractivity contribution in [2.24, 2.45) is 0 Å². The first-order chi connectivity index (χ1) is 5.74. The zero-order valence-electron chi connectivity index (χ0n) is 10.5. The van der Waals surface area contributed by atoms with Crippen LogP contribution in [0.1, 0.15) is 59.3 Å². The molecule has 14 heavy (non-hydrogen) atoms. The van der Waals surface area contributed by atoms with Gasteiger partial charge in [0.25, 0.3) is 0 Å². The average molecular weight is 273 g/mol. The van der Waals surface area contributed by atoms with Crippen molar-refractivity contribution in [1.29, 1.82) is 0 Å². The van der Waals surface area contributed by atoms with Gasteiger partial charge in [0.05, 0.1) is 0 Å². The van der Waals surface area contributed by atoms with Gasteiger partial charge in [0.1, 0.15) is 0 Å². The Morgan fingerprint density at radius 2 is 0.714 bits per heavy atom. The average Bonchev–Trinajstić information content (AvgIpc) is 2.18. The van der Waals surface area contributed by atoms with Crippen molar-refractivity contribution in [3.8, 4) is 0 Å². The summed E-state index contributed by atoms with van der Waals surface area (Å²) in [6.07, 6.45) is 6.83. The van der Waals surface area contributed by atoms with E-state index >= 15 is 0 Å². The summed E-state index contributed by atoms with van der Waals surface area (Å²) >= 11 is 0. The molecule has 88 valence electrons. The Bertz CT molecular complexity index is 25.8. The van der Waals surface area contributed by atoms with Gasteiger partial charge in [0.2, 0.25) is 0 Å². The summed E-state index contributed by atoms with van der Waals surface area (Å²) in [5.74, 6) is 0. The van der Waals surface area contributed by atoms with Crippen LogP contribution < -0.4 is 0 Å². The van der Waals surface area contributed by atoms with Crippen molar-refractivity contribution in [3.05, 3.63) is 20.8 Å². The van der Waals surface area contributed by atoms with Crippen LogP contribution in [0.5, 0.6) is 0 Å². The van der Waals surface area contributed by atoms with Crippen molar-refractivity contribution in [2.45, 2.75) is 59.3 Å². The maximum atomic E-state index is 3.60. The van der Waals surface area contributed by atoms with Gasteiger partial charge in [-0.15, -0.1) is 12.4 Å². The molecule has 0 aliphatic heterocycles. The molecule has 0 aliphatic carbocycles. The first-order valence-corrected chi connectivity index (χ1v) is 5.12. The minimum atomic E-state index is 0. The fraction of sp³-hybridized carbons (Fsp3) is 0.750. The van der Waals surface area contributed by atoms with Crippen molar-refractivity contribution >= 4 is 12.4 Å². The third-order valence-corrected chi connectivity index (χ3v) is 1.06. The van der Waals surface area contributed by atoms with Gasteiger partial charge in [-0.05, 0) is 0 Å². The van der Waals surface area contributed by atoms with Crippen LogP contribution in [0, 0.1) is 20.8 Å². The second-order valence-corrected chi connectivity index (χ2v) is 2.56. The molecule has 0 aliphatic rings. The molecule has 0 unspecified atom stereocenters. The summed E-state index contributed by atoms with van der Waals surface area (Å²) < 4.78 is 0. The third kappa shape index (κ3) is 120. The molecule has 0 nitrogen and oxygen atoms in total. The molecule has 0 aromatic rings. The molecule has 0 aromatic carbocycles. The normalized spacial score (nSPS) is 6.43. The van der Waals surface area contributed by atoms with Gasteiger partial charge in [-0.25, -0.2) is 0 Å². The van der Waals surface area contributed by atoms with E-state index in [-0.39, 0.29) is 31.9 Å². The van der Waals surface area contributed by atoms with E-state index in [1.807, 2.05) is 0 Å².